The summed E-state index contributed by atoms with van der Waals surface area (Å²) in [5.74, 6) is 2.45. The van der Waals surface area contributed by atoms with Gasteiger partial charge in [0.25, 0.3) is 0 Å². The molecule has 0 aromatic carbocycles. The minimum absolute atomic E-state index is 0.630. The van der Waals surface area contributed by atoms with Crippen molar-refractivity contribution in [1.82, 2.24) is 0 Å². The molecule has 0 radical (unpaired) electrons. The first kappa shape index (κ1) is 12.7. The normalized spacial score (nSPS) is 26.9. The largest absolute Gasteiger partial charge is 0.309 e. The molecule has 1 aliphatic rings. The zero-order chi connectivity index (χ0) is 11.3. The van der Waals surface area contributed by atoms with Crippen molar-refractivity contribution in [3.63, 3.8) is 0 Å². The fourth-order valence-corrected chi connectivity index (χ4v) is 2.66. The Kier molecular flexibility index (Phi) is 5.35. The summed E-state index contributed by atoms with van der Waals surface area (Å²) >= 11 is 0. The molecule has 15 heavy (non-hydrogen) atoms. The zero-order valence-electron chi connectivity index (χ0n) is 10.7. The van der Waals surface area contributed by atoms with E-state index in [2.05, 4.69) is 20.8 Å². The molecule has 0 bridgehead atoms. The second kappa shape index (κ2) is 6.30. The smallest absolute Gasteiger partial charge is 0.0117 e. The summed E-state index contributed by atoms with van der Waals surface area (Å²) in [4.78, 5) is 0. The van der Waals surface area contributed by atoms with Crippen LogP contribution in [0.15, 0.2) is 0 Å². The third-order valence-corrected chi connectivity index (χ3v) is 3.87. The predicted molar refractivity (Wildman–Crippen MR) is 67.5 cm³/mol. The Balaban J connectivity index is 2.21. The highest BCUT2D eigenvalue weighted by atomic mass is 14.4. The third-order valence-electron chi connectivity index (χ3n) is 3.87. The average molecular weight is 209 g/mol. The Labute approximate surface area is 95.2 Å². The van der Waals surface area contributed by atoms with Gasteiger partial charge in [0.2, 0.25) is 0 Å². The van der Waals surface area contributed by atoms with Crippen molar-refractivity contribution < 1.29 is 0 Å². The third kappa shape index (κ3) is 4.36. The maximum absolute atomic E-state index is 7.87. The van der Waals surface area contributed by atoms with Crippen LogP contribution in [0.3, 0.4) is 0 Å². The first-order valence-corrected chi connectivity index (χ1v) is 6.70. The van der Waals surface area contributed by atoms with Gasteiger partial charge in [0, 0.05) is 5.71 Å². The van der Waals surface area contributed by atoms with E-state index in [1.807, 2.05) is 0 Å². The number of nitrogens with one attached hydrogen (secondary N) is 1. The molecule has 0 aromatic rings. The van der Waals surface area contributed by atoms with Gasteiger partial charge < -0.3 is 5.41 Å². The van der Waals surface area contributed by atoms with Crippen molar-refractivity contribution in [2.24, 2.45) is 17.8 Å². The van der Waals surface area contributed by atoms with Gasteiger partial charge in [-0.15, -0.1) is 0 Å². The summed E-state index contributed by atoms with van der Waals surface area (Å²) in [5, 5.41) is 7.87. The Morgan fingerprint density at radius 2 is 1.80 bits per heavy atom. The van der Waals surface area contributed by atoms with Crippen LogP contribution in [0.5, 0.6) is 0 Å². The lowest BCUT2D eigenvalue weighted by Crippen LogP contribution is -2.21. The van der Waals surface area contributed by atoms with Gasteiger partial charge in [-0.2, -0.15) is 0 Å². The van der Waals surface area contributed by atoms with Crippen LogP contribution < -0.4 is 0 Å². The number of hydrogen-bond acceptors (Lipinski definition) is 1. The standard InChI is InChI=1S/C14H27N/c1-4-14(15)13-9-7-12(8-10-13)6-5-11(2)3/h11-13,15H,4-10H2,1-3H3/t12-,13-. The van der Waals surface area contributed by atoms with E-state index >= 15 is 0 Å². The zero-order valence-corrected chi connectivity index (χ0v) is 10.7. The van der Waals surface area contributed by atoms with E-state index in [0.717, 1.165) is 24.0 Å². The van der Waals surface area contributed by atoms with Crippen LogP contribution in [0.1, 0.15) is 65.7 Å². The van der Waals surface area contributed by atoms with Crippen molar-refractivity contribution in [1.29, 1.82) is 5.41 Å². The minimum Gasteiger partial charge on any atom is -0.309 e. The molecule has 1 rings (SSSR count). The summed E-state index contributed by atoms with van der Waals surface area (Å²) in [7, 11) is 0. The summed E-state index contributed by atoms with van der Waals surface area (Å²) in [6, 6.07) is 0. The summed E-state index contributed by atoms with van der Waals surface area (Å²) < 4.78 is 0. The molecule has 1 nitrogen and oxygen atoms in total. The molecular formula is C14H27N. The first-order valence-electron chi connectivity index (χ1n) is 6.70. The highest BCUT2D eigenvalue weighted by Crippen LogP contribution is 2.33. The monoisotopic (exact) mass is 209 g/mol. The van der Waals surface area contributed by atoms with Crippen LogP contribution in [0.4, 0.5) is 0 Å². The van der Waals surface area contributed by atoms with E-state index in [-0.39, 0.29) is 0 Å². The van der Waals surface area contributed by atoms with E-state index < -0.39 is 0 Å². The molecule has 1 N–H and O–H groups in total. The van der Waals surface area contributed by atoms with Crippen LogP contribution >= 0.6 is 0 Å². The van der Waals surface area contributed by atoms with Crippen molar-refractivity contribution in [3.8, 4) is 0 Å². The summed E-state index contributed by atoms with van der Waals surface area (Å²) in [5.41, 5.74) is 0.998. The highest BCUT2D eigenvalue weighted by molar-refractivity contribution is 5.83. The van der Waals surface area contributed by atoms with E-state index in [4.69, 9.17) is 5.41 Å². The Morgan fingerprint density at radius 3 is 2.27 bits per heavy atom. The van der Waals surface area contributed by atoms with Gasteiger partial charge >= 0.3 is 0 Å². The van der Waals surface area contributed by atoms with Gasteiger partial charge in [0.15, 0.2) is 0 Å². The van der Waals surface area contributed by atoms with Gasteiger partial charge in [-0.3, -0.25) is 0 Å². The maximum atomic E-state index is 7.87. The Hall–Kier alpha value is -0.330. The van der Waals surface area contributed by atoms with Crippen molar-refractivity contribution >= 4 is 5.71 Å². The first-order chi connectivity index (χ1) is 7.13. The fourth-order valence-electron chi connectivity index (χ4n) is 2.66. The average Bonchev–Trinajstić information content (AvgIpc) is 2.26. The summed E-state index contributed by atoms with van der Waals surface area (Å²) in [6.45, 7) is 6.75. The molecule has 1 saturated carbocycles. The molecule has 0 heterocycles. The second-order valence-corrected chi connectivity index (χ2v) is 5.57. The molecule has 1 aliphatic carbocycles. The lowest BCUT2D eigenvalue weighted by molar-refractivity contribution is 0.288. The summed E-state index contributed by atoms with van der Waals surface area (Å²) in [6.07, 6.45) is 9.09. The van der Waals surface area contributed by atoms with Gasteiger partial charge in [-0.1, -0.05) is 33.6 Å². The molecular weight excluding hydrogens is 182 g/mol. The van der Waals surface area contributed by atoms with Gasteiger partial charge in [0.1, 0.15) is 0 Å². The quantitative estimate of drug-likeness (QED) is 0.637. The van der Waals surface area contributed by atoms with Crippen LogP contribution in [-0.2, 0) is 0 Å². The Bertz CT molecular complexity index is 188. The van der Waals surface area contributed by atoms with Gasteiger partial charge in [0.05, 0.1) is 0 Å². The highest BCUT2D eigenvalue weighted by Gasteiger charge is 2.22. The van der Waals surface area contributed by atoms with Crippen molar-refractivity contribution in [2.45, 2.75) is 65.7 Å². The number of rotatable bonds is 5. The maximum Gasteiger partial charge on any atom is 0.0117 e. The molecule has 0 aliphatic heterocycles. The van der Waals surface area contributed by atoms with Crippen molar-refractivity contribution in [2.75, 3.05) is 0 Å². The molecule has 88 valence electrons. The SMILES string of the molecule is CCC(=N)[C@H]1CC[C@H](CCC(C)C)CC1. The lowest BCUT2D eigenvalue weighted by atomic mass is 9.77. The molecule has 0 atom stereocenters. The van der Waals surface area contributed by atoms with Crippen LogP contribution in [0.25, 0.3) is 0 Å². The van der Waals surface area contributed by atoms with Crippen LogP contribution in [-0.4, -0.2) is 5.71 Å². The van der Waals surface area contributed by atoms with Crippen molar-refractivity contribution in [3.05, 3.63) is 0 Å². The molecule has 0 saturated heterocycles. The molecule has 1 heteroatoms. The van der Waals surface area contributed by atoms with E-state index in [1.54, 1.807) is 0 Å². The molecule has 0 unspecified atom stereocenters. The van der Waals surface area contributed by atoms with Gasteiger partial charge in [-0.25, -0.2) is 0 Å². The van der Waals surface area contributed by atoms with E-state index in [9.17, 15) is 0 Å². The number of hydrogen-bond donors (Lipinski definition) is 1. The topological polar surface area (TPSA) is 23.9 Å². The van der Waals surface area contributed by atoms with Crippen LogP contribution in [0, 0.1) is 23.2 Å². The molecule has 0 aromatic heterocycles. The minimum atomic E-state index is 0.630. The predicted octanol–water partition coefficient (Wildman–Crippen LogP) is 4.66. The molecule has 0 spiro atoms. The van der Waals surface area contributed by atoms with Crippen LogP contribution in [0.2, 0.25) is 0 Å². The molecule has 0 amide bonds. The Morgan fingerprint density at radius 1 is 1.20 bits per heavy atom. The van der Waals surface area contributed by atoms with E-state index in [1.165, 1.54) is 38.5 Å². The second-order valence-electron chi connectivity index (χ2n) is 5.57. The van der Waals surface area contributed by atoms with Gasteiger partial charge in [-0.05, 0) is 49.9 Å². The fraction of sp³-hybridized carbons (Fsp3) is 0.929. The van der Waals surface area contributed by atoms with E-state index in [0.29, 0.717) is 5.92 Å². The molecule has 1 fully saturated rings. The lowest BCUT2D eigenvalue weighted by Gasteiger charge is -2.29.